The van der Waals surface area contributed by atoms with Crippen LogP contribution in [0.5, 0.6) is 0 Å². The van der Waals surface area contributed by atoms with Crippen molar-refractivity contribution in [3.63, 3.8) is 0 Å². The molecule has 94 valence electrons. The van der Waals surface area contributed by atoms with Crippen molar-refractivity contribution in [1.82, 2.24) is 15.3 Å². The molecule has 1 saturated heterocycles. The molecule has 1 amide bonds. The van der Waals surface area contributed by atoms with Gasteiger partial charge in [0, 0.05) is 25.4 Å². The Morgan fingerprint density at radius 3 is 3.18 bits per heavy atom. The maximum absolute atomic E-state index is 11.7. The number of carbonyl (C=O) groups excluding carboxylic acids is 1. The molecule has 1 aromatic rings. The highest BCUT2D eigenvalue weighted by Gasteiger charge is 2.27. The number of aromatic nitrogens is 2. The van der Waals surface area contributed by atoms with Crippen LogP contribution in [0.15, 0.2) is 12.4 Å². The molecule has 0 aliphatic carbocycles. The second-order valence-corrected chi connectivity index (χ2v) is 4.44. The van der Waals surface area contributed by atoms with Crippen LogP contribution < -0.4 is 5.32 Å². The minimum atomic E-state index is -0.242. The van der Waals surface area contributed by atoms with Crippen molar-refractivity contribution in [3.05, 3.63) is 18.2 Å². The van der Waals surface area contributed by atoms with Gasteiger partial charge in [-0.1, -0.05) is 0 Å². The summed E-state index contributed by atoms with van der Waals surface area (Å²) in [6, 6.07) is 0. The van der Waals surface area contributed by atoms with Crippen molar-refractivity contribution in [2.75, 3.05) is 6.54 Å². The monoisotopic (exact) mass is 237 g/mol. The van der Waals surface area contributed by atoms with Gasteiger partial charge in [-0.25, -0.2) is 4.98 Å². The van der Waals surface area contributed by atoms with E-state index in [1.165, 1.54) is 0 Å². The Balaban J connectivity index is 1.60. The number of rotatable bonds is 5. The Hall–Kier alpha value is -1.36. The Morgan fingerprint density at radius 2 is 2.53 bits per heavy atom. The SMILES string of the molecule is CC1CCC(C(=O)NCCCc2ncc[nH]2)O1. The van der Waals surface area contributed by atoms with Gasteiger partial charge >= 0.3 is 0 Å². The topological polar surface area (TPSA) is 67.0 Å². The van der Waals surface area contributed by atoms with Crippen molar-refractivity contribution in [3.8, 4) is 0 Å². The van der Waals surface area contributed by atoms with E-state index in [4.69, 9.17) is 4.74 Å². The molecule has 0 saturated carbocycles. The Bertz CT molecular complexity index is 351. The van der Waals surface area contributed by atoms with Crippen LogP contribution in [0.4, 0.5) is 0 Å². The summed E-state index contributed by atoms with van der Waals surface area (Å²) in [6.07, 6.45) is 7.08. The second-order valence-electron chi connectivity index (χ2n) is 4.44. The molecule has 5 heteroatoms. The number of hydrogen-bond donors (Lipinski definition) is 2. The number of aromatic amines is 1. The third-order valence-corrected chi connectivity index (χ3v) is 2.97. The van der Waals surface area contributed by atoms with Crippen molar-refractivity contribution >= 4 is 5.91 Å². The van der Waals surface area contributed by atoms with E-state index in [1.54, 1.807) is 6.20 Å². The van der Waals surface area contributed by atoms with Gasteiger partial charge in [-0.3, -0.25) is 4.79 Å². The number of nitrogens with one attached hydrogen (secondary N) is 2. The van der Waals surface area contributed by atoms with Crippen LogP contribution in [-0.4, -0.2) is 34.6 Å². The Morgan fingerprint density at radius 1 is 1.65 bits per heavy atom. The maximum atomic E-state index is 11.7. The van der Waals surface area contributed by atoms with E-state index in [1.807, 2.05) is 13.1 Å². The first-order chi connectivity index (χ1) is 8.25. The smallest absolute Gasteiger partial charge is 0.249 e. The molecular weight excluding hydrogens is 218 g/mol. The molecule has 2 atom stereocenters. The Kier molecular flexibility index (Phi) is 4.14. The van der Waals surface area contributed by atoms with Crippen LogP contribution in [0.2, 0.25) is 0 Å². The first kappa shape index (κ1) is 12.1. The normalized spacial score (nSPS) is 23.8. The molecule has 0 aromatic carbocycles. The van der Waals surface area contributed by atoms with E-state index in [0.29, 0.717) is 6.54 Å². The van der Waals surface area contributed by atoms with Crippen LogP contribution >= 0.6 is 0 Å². The predicted octanol–water partition coefficient (Wildman–Crippen LogP) is 1.03. The number of aryl methyl sites for hydroxylation is 1. The summed E-state index contributed by atoms with van der Waals surface area (Å²) in [5.74, 6) is 0.985. The van der Waals surface area contributed by atoms with Gasteiger partial charge in [0.1, 0.15) is 11.9 Å². The molecule has 0 radical (unpaired) electrons. The lowest BCUT2D eigenvalue weighted by Gasteiger charge is -2.11. The van der Waals surface area contributed by atoms with E-state index < -0.39 is 0 Å². The summed E-state index contributed by atoms with van der Waals surface area (Å²) < 4.78 is 5.50. The van der Waals surface area contributed by atoms with E-state index in [9.17, 15) is 4.79 Å². The van der Waals surface area contributed by atoms with Crippen LogP contribution in [-0.2, 0) is 16.0 Å². The van der Waals surface area contributed by atoms with Crippen molar-refractivity contribution in [2.24, 2.45) is 0 Å². The zero-order valence-corrected chi connectivity index (χ0v) is 10.1. The summed E-state index contributed by atoms with van der Waals surface area (Å²) in [5, 5.41) is 2.90. The van der Waals surface area contributed by atoms with Crippen molar-refractivity contribution in [2.45, 2.75) is 44.8 Å². The number of amides is 1. The van der Waals surface area contributed by atoms with Gasteiger partial charge in [0.05, 0.1) is 6.10 Å². The average molecular weight is 237 g/mol. The predicted molar refractivity (Wildman–Crippen MR) is 63.5 cm³/mol. The van der Waals surface area contributed by atoms with Crippen LogP contribution in [0.3, 0.4) is 0 Å². The fraction of sp³-hybridized carbons (Fsp3) is 0.667. The molecule has 2 N–H and O–H groups in total. The van der Waals surface area contributed by atoms with Crippen LogP contribution in [0.25, 0.3) is 0 Å². The standard InChI is InChI=1S/C12H19N3O2/c1-9-4-5-10(17-9)12(16)15-6-2-3-11-13-7-8-14-11/h7-10H,2-6H2,1H3,(H,13,14)(H,15,16). The zero-order valence-electron chi connectivity index (χ0n) is 10.1. The minimum Gasteiger partial charge on any atom is -0.365 e. The Labute approximate surface area is 101 Å². The first-order valence-electron chi connectivity index (χ1n) is 6.17. The number of nitrogens with zero attached hydrogens (tertiary/aromatic N) is 1. The summed E-state index contributed by atoms with van der Waals surface area (Å²) in [6.45, 7) is 2.68. The fourth-order valence-corrected chi connectivity index (χ4v) is 2.01. The fourth-order valence-electron chi connectivity index (χ4n) is 2.01. The molecule has 1 aromatic heterocycles. The molecule has 2 unspecified atom stereocenters. The lowest BCUT2D eigenvalue weighted by Crippen LogP contribution is -2.35. The van der Waals surface area contributed by atoms with Crippen LogP contribution in [0, 0.1) is 0 Å². The lowest BCUT2D eigenvalue weighted by molar-refractivity contribution is -0.131. The third-order valence-electron chi connectivity index (χ3n) is 2.97. The van der Waals surface area contributed by atoms with Gasteiger partial charge in [0.25, 0.3) is 0 Å². The van der Waals surface area contributed by atoms with Crippen LogP contribution in [0.1, 0.15) is 32.0 Å². The number of H-pyrrole nitrogens is 1. The van der Waals surface area contributed by atoms with Crippen molar-refractivity contribution in [1.29, 1.82) is 0 Å². The van der Waals surface area contributed by atoms with Gasteiger partial charge in [0.2, 0.25) is 5.91 Å². The highest BCUT2D eigenvalue weighted by atomic mass is 16.5. The number of imidazole rings is 1. The molecule has 1 aliphatic heterocycles. The summed E-state index contributed by atoms with van der Waals surface area (Å²) in [7, 11) is 0. The second kappa shape index (κ2) is 5.82. The third kappa shape index (κ3) is 3.56. The van der Waals surface area contributed by atoms with Crippen molar-refractivity contribution < 1.29 is 9.53 Å². The van der Waals surface area contributed by atoms with Gasteiger partial charge in [-0.2, -0.15) is 0 Å². The van der Waals surface area contributed by atoms with E-state index in [-0.39, 0.29) is 18.1 Å². The first-order valence-corrected chi connectivity index (χ1v) is 6.17. The maximum Gasteiger partial charge on any atom is 0.249 e. The van der Waals surface area contributed by atoms with Gasteiger partial charge in [-0.15, -0.1) is 0 Å². The van der Waals surface area contributed by atoms with E-state index >= 15 is 0 Å². The number of carbonyl (C=O) groups is 1. The number of hydrogen-bond acceptors (Lipinski definition) is 3. The number of ether oxygens (including phenoxy) is 1. The molecule has 17 heavy (non-hydrogen) atoms. The van der Waals surface area contributed by atoms with E-state index in [0.717, 1.165) is 31.5 Å². The zero-order chi connectivity index (χ0) is 12.1. The quantitative estimate of drug-likeness (QED) is 0.751. The molecule has 1 aliphatic rings. The highest BCUT2D eigenvalue weighted by molar-refractivity contribution is 5.80. The largest absolute Gasteiger partial charge is 0.365 e. The lowest BCUT2D eigenvalue weighted by atomic mass is 10.2. The molecule has 5 nitrogen and oxygen atoms in total. The molecular formula is C12H19N3O2. The summed E-state index contributed by atoms with van der Waals surface area (Å²) in [4.78, 5) is 18.9. The average Bonchev–Trinajstić information content (AvgIpc) is 2.95. The van der Waals surface area contributed by atoms with Gasteiger partial charge < -0.3 is 15.0 Å². The van der Waals surface area contributed by atoms with Gasteiger partial charge in [0.15, 0.2) is 0 Å². The molecule has 0 spiro atoms. The summed E-state index contributed by atoms with van der Waals surface area (Å²) >= 11 is 0. The highest BCUT2D eigenvalue weighted by Crippen LogP contribution is 2.18. The van der Waals surface area contributed by atoms with E-state index in [2.05, 4.69) is 15.3 Å². The molecule has 2 heterocycles. The van der Waals surface area contributed by atoms with Gasteiger partial charge in [-0.05, 0) is 26.2 Å². The summed E-state index contributed by atoms with van der Waals surface area (Å²) in [5.41, 5.74) is 0. The molecule has 1 fully saturated rings. The molecule has 0 bridgehead atoms. The minimum absolute atomic E-state index is 0.0220. The molecule has 2 rings (SSSR count).